The third-order valence-electron chi connectivity index (χ3n) is 3.13. The fourth-order valence-electron chi connectivity index (χ4n) is 1.84. The second kappa shape index (κ2) is 16.5. The Morgan fingerprint density at radius 2 is 1.54 bits per heavy atom. The average Bonchev–Trinajstić information content (AvgIpc) is 2.99. The second-order valence-corrected chi connectivity index (χ2v) is 7.94. The largest absolute Gasteiger partial charge is 0.378 e. The van der Waals surface area contributed by atoms with E-state index < -0.39 is 17.8 Å². The van der Waals surface area contributed by atoms with Gasteiger partial charge in [0.05, 0.1) is 46.1 Å². The van der Waals surface area contributed by atoms with Gasteiger partial charge in [0.2, 0.25) is 4.91 Å². The lowest BCUT2D eigenvalue weighted by molar-refractivity contribution is -0.197. The van der Waals surface area contributed by atoms with E-state index in [9.17, 15) is 14.4 Å². The molecule has 0 aromatic carbocycles. The number of carbonyl (C=O) groups excluding carboxylic acids is 3. The Bertz CT molecular complexity index is 530. The first-order valence-electron chi connectivity index (χ1n) is 8.72. The number of rotatable bonds is 17. The van der Waals surface area contributed by atoms with Crippen molar-refractivity contribution in [2.75, 3.05) is 57.7 Å². The summed E-state index contributed by atoms with van der Waals surface area (Å²) in [5.74, 6) is -0.249. The lowest BCUT2D eigenvalue weighted by atomic mass is 10.4. The number of hydroxylamine groups is 2. The Morgan fingerprint density at radius 3 is 2.18 bits per heavy atom. The minimum Gasteiger partial charge on any atom is -0.378 e. The molecule has 0 saturated carbocycles. The predicted molar refractivity (Wildman–Crippen MR) is 101 cm³/mol. The van der Waals surface area contributed by atoms with E-state index in [1.807, 2.05) is 0 Å². The topological polar surface area (TPSA) is 142 Å². The van der Waals surface area contributed by atoms with Crippen molar-refractivity contribution in [3.8, 4) is 0 Å². The van der Waals surface area contributed by atoms with Gasteiger partial charge in [-0.05, 0) is 0 Å². The van der Waals surface area contributed by atoms with Crippen LogP contribution in [0, 0.1) is 5.53 Å². The van der Waals surface area contributed by atoms with Crippen LogP contribution in [0.15, 0.2) is 5.11 Å². The zero-order valence-corrected chi connectivity index (χ0v) is 17.1. The van der Waals surface area contributed by atoms with E-state index in [1.54, 1.807) is 10.8 Å². The number of imide groups is 1. The van der Waals surface area contributed by atoms with E-state index in [1.165, 1.54) is 10.8 Å². The summed E-state index contributed by atoms with van der Waals surface area (Å²) in [7, 11) is 3.06. The highest BCUT2D eigenvalue weighted by Gasteiger charge is 2.32. The van der Waals surface area contributed by atoms with E-state index in [4.69, 9.17) is 24.6 Å². The number of hydrogen-bond donors (Lipinski definition) is 1. The van der Waals surface area contributed by atoms with Crippen LogP contribution in [0.5, 0.6) is 0 Å². The van der Waals surface area contributed by atoms with Crippen molar-refractivity contribution in [2.45, 2.75) is 19.3 Å². The summed E-state index contributed by atoms with van der Waals surface area (Å²) >= 11 is 0. The lowest BCUT2D eigenvalue weighted by Gasteiger charge is -2.12. The number of nitrogens with zero attached hydrogens (tertiary/aromatic N) is 3. The zero-order valence-electron chi connectivity index (χ0n) is 15.5. The van der Waals surface area contributed by atoms with Gasteiger partial charge in [-0.3, -0.25) is 9.59 Å². The molecular formula is C15H25N4O7S2+. The Morgan fingerprint density at radius 1 is 0.964 bits per heavy atom. The number of carbonyl (C=O) groups is 3. The molecule has 2 amide bonds. The van der Waals surface area contributed by atoms with Gasteiger partial charge in [-0.1, -0.05) is 21.6 Å². The maximum atomic E-state index is 11.6. The fourth-order valence-corrected chi connectivity index (χ4v) is 3.67. The fraction of sp³-hybridized carbons (Fsp3) is 0.800. The smallest absolute Gasteiger partial charge is 0.334 e. The first kappa shape index (κ1) is 24.5. The highest BCUT2D eigenvalue weighted by molar-refractivity contribution is 8.76. The molecule has 1 aliphatic rings. The number of hydrogen-bond acceptors (Lipinski definition) is 11. The van der Waals surface area contributed by atoms with Gasteiger partial charge in [0.15, 0.2) is 0 Å². The maximum absolute atomic E-state index is 11.6. The van der Waals surface area contributed by atoms with Crippen LogP contribution in [-0.2, 0) is 33.4 Å². The van der Waals surface area contributed by atoms with Crippen molar-refractivity contribution in [2.24, 2.45) is 5.11 Å². The van der Waals surface area contributed by atoms with E-state index in [2.05, 4.69) is 10.0 Å². The van der Waals surface area contributed by atoms with Gasteiger partial charge in [-0.25, -0.2) is 4.79 Å². The molecule has 28 heavy (non-hydrogen) atoms. The molecule has 13 heteroatoms. The molecule has 0 bridgehead atoms. The molecule has 1 fully saturated rings. The summed E-state index contributed by atoms with van der Waals surface area (Å²) in [5, 5.41) is 4.02. The third-order valence-corrected chi connectivity index (χ3v) is 5.50. The van der Waals surface area contributed by atoms with Crippen LogP contribution in [0.2, 0.25) is 0 Å². The molecule has 0 radical (unpaired) electrons. The van der Waals surface area contributed by atoms with Crippen LogP contribution in [-0.4, -0.2) is 80.5 Å². The van der Waals surface area contributed by atoms with Crippen molar-refractivity contribution < 1.29 is 33.4 Å². The highest BCUT2D eigenvalue weighted by Crippen LogP contribution is 2.22. The molecule has 0 aromatic heterocycles. The van der Waals surface area contributed by atoms with Gasteiger partial charge in [0.1, 0.15) is 17.2 Å². The predicted octanol–water partition coefficient (Wildman–Crippen LogP) is 0.965. The summed E-state index contributed by atoms with van der Waals surface area (Å²) in [6.45, 7) is 3.26. The van der Waals surface area contributed by atoms with Crippen LogP contribution in [0.25, 0.3) is 0 Å². The van der Waals surface area contributed by atoms with E-state index in [0.29, 0.717) is 57.0 Å². The van der Waals surface area contributed by atoms with Crippen LogP contribution in [0.1, 0.15) is 19.3 Å². The summed E-state index contributed by atoms with van der Waals surface area (Å²) in [5.41, 5.74) is 6.46. The summed E-state index contributed by atoms with van der Waals surface area (Å²) in [6.07, 6.45) is 0.310. The molecule has 0 aromatic rings. The molecule has 11 nitrogen and oxygen atoms in total. The zero-order chi connectivity index (χ0) is 20.5. The van der Waals surface area contributed by atoms with Gasteiger partial charge in [-0.2, -0.15) is 0 Å². The van der Waals surface area contributed by atoms with Crippen molar-refractivity contribution in [3.63, 3.8) is 0 Å². The Labute approximate surface area is 170 Å². The first-order chi connectivity index (χ1) is 13.6. The van der Waals surface area contributed by atoms with Gasteiger partial charge in [-0.15, -0.1) is 5.06 Å². The lowest BCUT2D eigenvalue weighted by Crippen LogP contribution is -2.32. The monoisotopic (exact) mass is 437 g/mol. The molecule has 0 unspecified atom stereocenters. The van der Waals surface area contributed by atoms with Gasteiger partial charge in [0, 0.05) is 24.3 Å². The van der Waals surface area contributed by atoms with Crippen molar-refractivity contribution >= 4 is 39.4 Å². The average molecular weight is 438 g/mol. The number of amides is 2. The molecule has 0 atom stereocenters. The molecular weight excluding hydrogens is 412 g/mol. The van der Waals surface area contributed by atoms with E-state index in [0.717, 1.165) is 5.75 Å². The van der Waals surface area contributed by atoms with Crippen molar-refractivity contribution in [1.29, 1.82) is 5.53 Å². The Kier molecular flexibility index (Phi) is 14.4. The van der Waals surface area contributed by atoms with Gasteiger partial charge >= 0.3 is 5.97 Å². The van der Waals surface area contributed by atoms with Crippen molar-refractivity contribution in [3.05, 3.63) is 0 Å². The normalized spacial score (nSPS) is 13.6. The molecule has 0 spiro atoms. The van der Waals surface area contributed by atoms with E-state index >= 15 is 0 Å². The summed E-state index contributed by atoms with van der Waals surface area (Å²) in [4.78, 5) is 41.9. The van der Waals surface area contributed by atoms with Crippen LogP contribution >= 0.6 is 21.6 Å². The summed E-state index contributed by atoms with van der Waals surface area (Å²) < 4.78 is 15.9. The minimum absolute atomic E-state index is 0.0936. The summed E-state index contributed by atoms with van der Waals surface area (Å²) in [6, 6.07) is 0. The van der Waals surface area contributed by atoms with Crippen LogP contribution in [0.4, 0.5) is 0 Å². The molecule has 158 valence electrons. The van der Waals surface area contributed by atoms with Gasteiger partial charge < -0.3 is 19.0 Å². The number of nitrogens with one attached hydrogen (secondary N) is 1. The molecule has 1 N–H and O–H groups in total. The standard InChI is InChI=1S/C15H25N4O7S2/c16-18-17-4-5-23-6-7-24-8-9-25-10-12-28-27-11-3-15(22)26-19-13(20)1-2-14(19)21/h16H,1-12H2/q+1. The third kappa shape index (κ3) is 12.1. The highest BCUT2D eigenvalue weighted by atomic mass is 33.1. The second-order valence-electron chi connectivity index (χ2n) is 5.24. The molecule has 0 aliphatic carbocycles. The molecule has 1 heterocycles. The quantitative estimate of drug-likeness (QED) is 0.116. The number of ether oxygens (including phenoxy) is 3. The maximum Gasteiger partial charge on any atom is 0.334 e. The molecule has 1 aliphatic heterocycles. The first-order valence-corrected chi connectivity index (χ1v) is 11.2. The Balaban J connectivity index is 1.80. The van der Waals surface area contributed by atoms with Crippen molar-refractivity contribution in [1.82, 2.24) is 9.97 Å². The van der Waals surface area contributed by atoms with Gasteiger partial charge in [0.25, 0.3) is 11.8 Å². The SMILES string of the molecule is N=[N+]=NCCOCCOCCOCCSSCCC(=O)ON1C(=O)CCC1=O. The molecule has 1 rings (SSSR count). The van der Waals surface area contributed by atoms with E-state index in [-0.39, 0.29) is 19.3 Å². The van der Waals surface area contributed by atoms with Crippen LogP contribution < -0.4 is 4.91 Å². The Hall–Kier alpha value is -1.50. The van der Waals surface area contributed by atoms with Crippen LogP contribution in [0.3, 0.4) is 0 Å². The minimum atomic E-state index is -0.588. The molecule has 1 saturated heterocycles.